The molecule has 1 unspecified atom stereocenters. The van der Waals surface area contributed by atoms with E-state index in [9.17, 15) is 9.59 Å². The number of anilines is 1. The molecule has 2 aliphatic heterocycles. The van der Waals surface area contributed by atoms with E-state index in [1.807, 2.05) is 0 Å². The molecule has 34 heavy (non-hydrogen) atoms. The molecule has 1 saturated carbocycles. The Morgan fingerprint density at radius 3 is 2.76 bits per heavy atom. The Hall–Kier alpha value is -2.12. The maximum absolute atomic E-state index is 13.7. The van der Waals surface area contributed by atoms with Crippen molar-refractivity contribution in [2.45, 2.75) is 64.0 Å². The molecule has 0 radical (unpaired) electrons. The van der Waals surface area contributed by atoms with Crippen LogP contribution < -0.4 is 15.5 Å². The van der Waals surface area contributed by atoms with Crippen LogP contribution >= 0.6 is 0 Å². The number of nitrogens with zero attached hydrogens (tertiary/aromatic N) is 2. The van der Waals surface area contributed by atoms with E-state index in [1.165, 1.54) is 11.3 Å². The zero-order chi connectivity index (χ0) is 24.1. The quantitative estimate of drug-likeness (QED) is 0.487. The van der Waals surface area contributed by atoms with E-state index < -0.39 is 0 Å². The number of hydrogen-bond acceptors (Lipinski definition) is 5. The highest BCUT2D eigenvalue weighted by molar-refractivity contribution is 5.81. The predicted octanol–water partition coefficient (Wildman–Crippen LogP) is 2.76. The standard InChI is InChI=1S/C27H42N4O3/c1-19(2)13-26(32)29-22-14-20(15-28-16-22)27(33)31(23-9-10-23)18-21-17-30(11-6-12-34-3)25-8-5-4-7-24(21)25/h4-5,7-8,19-23,28H,6,9-18H2,1-3H3,(H,29,32)/t20-,21?,22+/m0/s1. The van der Waals surface area contributed by atoms with Crippen molar-refractivity contribution in [3.8, 4) is 0 Å². The van der Waals surface area contributed by atoms with Crippen molar-refractivity contribution in [1.29, 1.82) is 0 Å². The average Bonchev–Trinajstić information content (AvgIpc) is 3.60. The van der Waals surface area contributed by atoms with Crippen molar-refractivity contribution < 1.29 is 14.3 Å². The molecular formula is C27H42N4O3. The Labute approximate surface area is 204 Å². The third-order valence-electron chi connectivity index (χ3n) is 7.28. The molecule has 7 nitrogen and oxygen atoms in total. The fourth-order valence-corrected chi connectivity index (χ4v) is 5.53. The Bertz CT molecular complexity index is 841. The van der Waals surface area contributed by atoms with Gasteiger partial charge in [-0.05, 0) is 43.2 Å². The summed E-state index contributed by atoms with van der Waals surface area (Å²) in [4.78, 5) is 30.6. The molecule has 0 spiro atoms. The highest BCUT2D eigenvalue weighted by Gasteiger charge is 2.40. The van der Waals surface area contributed by atoms with Crippen molar-refractivity contribution in [3.63, 3.8) is 0 Å². The maximum atomic E-state index is 13.7. The van der Waals surface area contributed by atoms with Gasteiger partial charge in [0.1, 0.15) is 0 Å². The monoisotopic (exact) mass is 470 g/mol. The van der Waals surface area contributed by atoms with Crippen LogP contribution in [0.3, 0.4) is 0 Å². The molecule has 4 rings (SSSR count). The van der Waals surface area contributed by atoms with Gasteiger partial charge in [0.15, 0.2) is 0 Å². The number of rotatable bonds is 11. The molecule has 1 aromatic carbocycles. The first-order chi connectivity index (χ1) is 16.5. The second-order valence-corrected chi connectivity index (χ2v) is 10.7. The first-order valence-corrected chi connectivity index (χ1v) is 13.1. The van der Waals surface area contributed by atoms with E-state index in [2.05, 4.69) is 58.5 Å². The summed E-state index contributed by atoms with van der Waals surface area (Å²) < 4.78 is 5.26. The molecule has 2 fully saturated rings. The van der Waals surface area contributed by atoms with Crippen molar-refractivity contribution in [3.05, 3.63) is 29.8 Å². The van der Waals surface area contributed by atoms with Gasteiger partial charge in [0.25, 0.3) is 0 Å². The lowest BCUT2D eigenvalue weighted by Gasteiger charge is -2.35. The lowest BCUT2D eigenvalue weighted by molar-refractivity contribution is -0.137. The second kappa shape index (κ2) is 11.5. The normalized spacial score (nSPS) is 24.2. The van der Waals surface area contributed by atoms with Crippen LogP contribution in [0.15, 0.2) is 24.3 Å². The van der Waals surface area contributed by atoms with Crippen LogP contribution in [0.25, 0.3) is 0 Å². The van der Waals surface area contributed by atoms with E-state index in [0.29, 0.717) is 30.8 Å². The van der Waals surface area contributed by atoms with Gasteiger partial charge in [-0.2, -0.15) is 0 Å². The Balaban J connectivity index is 1.39. The molecule has 2 N–H and O–H groups in total. The van der Waals surface area contributed by atoms with Crippen LogP contribution in [-0.4, -0.2) is 75.2 Å². The minimum atomic E-state index is -0.0758. The molecule has 0 aromatic heterocycles. The molecule has 1 aliphatic carbocycles. The zero-order valence-corrected chi connectivity index (χ0v) is 21.1. The summed E-state index contributed by atoms with van der Waals surface area (Å²) in [6, 6.07) is 9.06. The highest BCUT2D eigenvalue weighted by Crippen LogP contribution is 2.39. The van der Waals surface area contributed by atoms with Gasteiger partial charge in [-0.15, -0.1) is 0 Å². The van der Waals surface area contributed by atoms with E-state index in [0.717, 1.165) is 58.5 Å². The van der Waals surface area contributed by atoms with Gasteiger partial charge in [-0.25, -0.2) is 0 Å². The number of amides is 2. The average molecular weight is 471 g/mol. The minimum Gasteiger partial charge on any atom is -0.385 e. The first-order valence-electron chi connectivity index (χ1n) is 13.1. The molecule has 3 atom stereocenters. The smallest absolute Gasteiger partial charge is 0.227 e. The summed E-state index contributed by atoms with van der Waals surface area (Å²) in [5.41, 5.74) is 2.66. The van der Waals surface area contributed by atoms with E-state index in [1.54, 1.807) is 7.11 Å². The molecular weight excluding hydrogens is 428 g/mol. The van der Waals surface area contributed by atoms with Crippen molar-refractivity contribution in [2.24, 2.45) is 11.8 Å². The van der Waals surface area contributed by atoms with Gasteiger partial charge in [0.05, 0.1) is 5.92 Å². The molecule has 1 saturated heterocycles. The first kappa shape index (κ1) is 25.0. The zero-order valence-electron chi connectivity index (χ0n) is 21.1. The van der Waals surface area contributed by atoms with Gasteiger partial charge in [0.2, 0.25) is 11.8 Å². The number of nitrogens with one attached hydrogen (secondary N) is 2. The number of fused-ring (bicyclic) bond motifs is 1. The predicted molar refractivity (Wildman–Crippen MR) is 135 cm³/mol. The molecule has 1 aromatic rings. The molecule has 188 valence electrons. The van der Waals surface area contributed by atoms with E-state index >= 15 is 0 Å². The summed E-state index contributed by atoms with van der Waals surface area (Å²) in [5, 5.41) is 6.55. The number of piperidine rings is 1. The number of ether oxygens (including phenoxy) is 1. The van der Waals surface area contributed by atoms with Crippen LogP contribution in [0.2, 0.25) is 0 Å². The Kier molecular flexibility index (Phi) is 8.48. The van der Waals surface area contributed by atoms with Gasteiger partial charge in [0, 0.05) is 76.6 Å². The summed E-state index contributed by atoms with van der Waals surface area (Å²) in [6.45, 7) is 9.02. The molecule has 7 heteroatoms. The largest absolute Gasteiger partial charge is 0.385 e. The van der Waals surface area contributed by atoms with Crippen LogP contribution in [0.1, 0.15) is 57.4 Å². The maximum Gasteiger partial charge on any atom is 0.227 e. The van der Waals surface area contributed by atoms with Crippen molar-refractivity contribution in [2.75, 3.05) is 51.3 Å². The number of hydrogen-bond donors (Lipinski definition) is 2. The van der Waals surface area contributed by atoms with Crippen LogP contribution in [-0.2, 0) is 14.3 Å². The summed E-state index contributed by atoms with van der Waals surface area (Å²) in [7, 11) is 1.75. The lowest BCUT2D eigenvalue weighted by atomic mass is 9.93. The second-order valence-electron chi connectivity index (χ2n) is 10.7. The Morgan fingerprint density at radius 1 is 1.24 bits per heavy atom. The highest BCUT2D eigenvalue weighted by atomic mass is 16.5. The topological polar surface area (TPSA) is 73.9 Å². The number of carbonyl (C=O) groups is 2. The number of para-hydroxylation sites is 1. The van der Waals surface area contributed by atoms with E-state index in [-0.39, 0.29) is 23.8 Å². The number of methoxy groups -OCH3 is 1. The van der Waals surface area contributed by atoms with Gasteiger partial charge in [-0.1, -0.05) is 32.0 Å². The Morgan fingerprint density at radius 2 is 2.03 bits per heavy atom. The SMILES string of the molecule is COCCCN1CC(CN(C(=O)[C@@H]2CNC[C@H](NC(=O)CC(C)C)C2)C2CC2)c2ccccc21. The van der Waals surface area contributed by atoms with E-state index in [4.69, 9.17) is 4.74 Å². The van der Waals surface area contributed by atoms with Gasteiger partial charge in [-0.3, -0.25) is 9.59 Å². The third kappa shape index (κ3) is 6.30. The van der Waals surface area contributed by atoms with Crippen LogP contribution in [0.5, 0.6) is 0 Å². The lowest BCUT2D eigenvalue weighted by Crippen LogP contribution is -2.53. The molecule has 2 heterocycles. The van der Waals surface area contributed by atoms with Crippen LogP contribution in [0, 0.1) is 11.8 Å². The fraction of sp³-hybridized carbons (Fsp3) is 0.704. The summed E-state index contributed by atoms with van der Waals surface area (Å²) in [5.74, 6) is 0.940. The van der Waals surface area contributed by atoms with Crippen molar-refractivity contribution in [1.82, 2.24) is 15.5 Å². The fourth-order valence-electron chi connectivity index (χ4n) is 5.53. The molecule has 0 bridgehead atoms. The third-order valence-corrected chi connectivity index (χ3v) is 7.28. The van der Waals surface area contributed by atoms with Crippen molar-refractivity contribution >= 4 is 17.5 Å². The van der Waals surface area contributed by atoms with Crippen LogP contribution in [0.4, 0.5) is 5.69 Å². The molecule has 2 amide bonds. The molecule has 3 aliphatic rings. The number of carbonyl (C=O) groups excluding carboxylic acids is 2. The van der Waals surface area contributed by atoms with Gasteiger partial charge < -0.3 is 25.2 Å². The van der Waals surface area contributed by atoms with Gasteiger partial charge >= 0.3 is 0 Å². The number of benzene rings is 1. The summed E-state index contributed by atoms with van der Waals surface area (Å²) in [6.07, 6.45) is 4.47. The minimum absolute atomic E-state index is 0.0264. The summed E-state index contributed by atoms with van der Waals surface area (Å²) >= 11 is 0.